The Bertz CT molecular complexity index is 277. The number of piperidine rings is 1. The zero-order valence-corrected chi connectivity index (χ0v) is 9.74. The predicted octanol–water partition coefficient (Wildman–Crippen LogP) is -0.713. The number of likely N-dealkylation sites (N-methyl/N-ethyl adjacent to an activating group) is 1. The summed E-state index contributed by atoms with van der Waals surface area (Å²) in [4.78, 5) is 25.9. The largest absolute Gasteiger partial charge is 0.345 e. The van der Waals surface area contributed by atoms with Crippen LogP contribution in [0.3, 0.4) is 0 Å². The Morgan fingerprint density at radius 3 is 2.50 bits per heavy atom. The lowest BCUT2D eigenvalue weighted by molar-refractivity contribution is -0.147. The van der Waals surface area contributed by atoms with Crippen LogP contribution in [0.15, 0.2) is 0 Å². The Balaban J connectivity index is 1.79. The molecular weight excluding hydrogens is 206 g/mol. The minimum Gasteiger partial charge on any atom is -0.345 e. The molecule has 1 N–H and O–H groups in total. The van der Waals surface area contributed by atoms with Crippen LogP contribution in [-0.4, -0.2) is 61.9 Å². The minimum atomic E-state index is 0.186. The molecule has 0 atom stereocenters. The lowest BCUT2D eigenvalue weighted by Crippen LogP contribution is -2.62. The molecule has 0 bridgehead atoms. The molecular formula is C11H19N3O2. The summed E-state index contributed by atoms with van der Waals surface area (Å²) in [6.45, 7) is 3.87. The first-order valence-electron chi connectivity index (χ1n) is 5.81. The molecule has 0 radical (unpaired) electrons. The average Bonchev–Trinajstić information content (AvgIpc) is 2.26. The van der Waals surface area contributed by atoms with E-state index in [1.165, 1.54) is 0 Å². The van der Waals surface area contributed by atoms with Crippen molar-refractivity contribution in [1.82, 2.24) is 15.1 Å². The Hall–Kier alpha value is -1.10. The first kappa shape index (κ1) is 11.4. The summed E-state index contributed by atoms with van der Waals surface area (Å²) in [6.07, 6.45) is 3.00. The molecule has 2 amide bonds. The van der Waals surface area contributed by atoms with Crippen molar-refractivity contribution in [2.75, 3.05) is 39.8 Å². The molecule has 2 aliphatic rings. The Morgan fingerprint density at radius 1 is 1.38 bits per heavy atom. The Labute approximate surface area is 95.8 Å². The molecule has 0 unspecified atom stereocenters. The third-order valence-corrected chi connectivity index (χ3v) is 3.74. The quantitative estimate of drug-likeness (QED) is 0.645. The number of hydrogen-bond acceptors (Lipinski definition) is 3. The monoisotopic (exact) mass is 225 g/mol. The van der Waals surface area contributed by atoms with Crippen LogP contribution in [0.1, 0.15) is 12.8 Å². The van der Waals surface area contributed by atoms with E-state index >= 15 is 0 Å². The second-order valence-electron chi connectivity index (χ2n) is 4.92. The fourth-order valence-corrected chi connectivity index (χ4v) is 2.62. The van der Waals surface area contributed by atoms with E-state index in [9.17, 15) is 9.59 Å². The van der Waals surface area contributed by atoms with Crippen molar-refractivity contribution in [2.24, 2.45) is 5.41 Å². The molecule has 0 aromatic heterocycles. The number of nitrogens with zero attached hydrogens (tertiary/aromatic N) is 2. The molecule has 2 aliphatic heterocycles. The van der Waals surface area contributed by atoms with Gasteiger partial charge >= 0.3 is 0 Å². The number of carbonyl (C=O) groups excluding carboxylic acids is 2. The molecule has 16 heavy (non-hydrogen) atoms. The molecule has 0 aliphatic carbocycles. The third kappa shape index (κ3) is 2.04. The van der Waals surface area contributed by atoms with Crippen LogP contribution in [0.4, 0.5) is 0 Å². The van der Waals surface area contributed by atoms with Crippen molar-refractivity contribution in [1.29, 1.82) is 0 Å². The van der Waals surface area contributed by atoms with Crippen molar-refractivity contribution in [3.63, 3.8) is 0 Å². The molecule has 5 nitrogen and oxygen atoms in total. The van der Waals surface area contributed by atoms with Gasteiger partial charge in [0, 0.05) is 31.6 Å². The minimum absolute atomic E-state index is 0.186. The van der Waals surface area contributed by atoms with Gasteiger partial charge in [0.2, 0.25) is 12.3 Å². The van der Waals surface area contributed by atoms with Gasteiger partial charge in [0.25, 0.3) is 0 Å². The molecule has 90 valence electrons. The second-order valence-corrected chi connectivity index (χ2v) is 4.92. The highest BCUT2D eigenvalue weighted by atomic mass is 16.2. The van der Waals surface area contributed by atoms with E-state index in [4.69, 9.17) is 0 Å². The fourth-order valence-electron chi connectivity index (χ4n) is 2.62. The maximum atomic E-state index is 11.6. The molecule has 2 rings (SSSR count). The van der Waals surface area contributed by atoms with Crippen molar-refractivity contribution in [3.05, 3.63) is 0 Å². The van der Waals surface area contributed by atoms with Gasteiger partial charge in [-0.05, 0) is 19.9 Å². The summed E-state index contributed by atoms with van der Waals surface area (Å²) in [5.41, 5.74) is 0.308. The van der Waals surface area contributed by atoms with Crippen LogP contribution in [0.25, 0.3) is 0 Å². The summed E-state index contributed by atoms with van der Waals surface area (Å²) in [6, 6.07) is 0. The fraction of sp³-hybridized carbons (Fsp3) is 0.818. The standard InChI is InChI=1S/C11H19N3O2/c1-12-6-10(16)14-7-11(8-14)2-4-13(9-15)5-3-11/h9,12H,2-8H2,1H3. The van der Waals surface area contributed by atoms with E-state index in [1.807, 2.05) is 9.80 Å². The van der Waals surface area contributed by atoms with Gasteiger partial charge in [0.05, 0.1) is 6.54 Å². The molecule has 0 aromatic rings. The van der Waals surface area contributed by atoms with Crippen LogP contribution < -0.4 is 5.32 Å². The van der Waals surface area contributed by atoms with Crippen LogP contribution in [0, 0.1) is 5.41 Å². The smallest absolute Gasteiger partial charge is 0.236 e. The molecule has 2 saturated heterocycles. The SMILES string of the molecule is CNCC(=O)N1CC2(CCN(C=O)CC2)C1. The number of amides is 2. The molecule has 0 saturated carbocycles. The highest BCUT2D eigenvalue weighted by Crippen LogP contribution is 2.39. The Morgan fingerprint density at radius 2 is 2.00 bits per heavy atom. The predicted molar refractivity (Wildman–Crippen MR) is 59.8 cm³/mol. The van der Waals surface area contributed by atoms with Gasteiger partial charge in [-0.2, -0.15) is 0 Å². The van der Waals surface area contributed by atoms with E-state index in [1.54, 1.807) is 7.05 Å². The van der Waals surface area contributed by atoms with Crippen LogP contribution >= 0.6 is 0 Å². The summed E-state index contributed by atoms with van der Waals surface area (Å²) in [5, 5.41) is 2.88. The van der Waals surface area contributed by atoms with Crippen molar-refractivity contribution >= 4 is 12.3 Å². The summed E-state index contributed by atoms with van der Waals surface area (Å²) >= 11 is 0. The van der Waals surface area contributed by atoms with E-state index in [-0.39, 0.29) is 5.91 Å². The van der Waals surface area contributed by atoms with Crippen molar-refractivity contribution in [3.8, 4) is 0 Å². The third-order valence-electron chi connectivity index (χ3n) is 3.74. The van der Waals surface area contributed by atoms with E-state index in [0.29, 0.717) is 12.0 Å². The molecule has 5 heteroatoms. The topological polar surface area (TPSA) is 52.7 Å². The highest BCUT2D eigenvalue weighted by Gasteiger charge is 2.46. The van der Waals surface area contributed by atoms with E-state index < -0.39 is 0 Å². The van der Waals surface area contributed by atoms with Crippen molar-refractivity contribution < 1.29 is 9.59 Å². The zero-order valence-electron chi connectivity index (χ0n) is 9.74. The number of likely N-dealkylation sites (tertiary alicyclic amines) is 2. The number of nitrogens with one attached hydrogen (secondary N) is 1. The van der Waals surface area contributed by atoms with Gasteiger partial charge in [-0.15, -0.1) is 0 Å². The molecule has 2 heterocycles. The summed E-state index contributed by atoms with van der Waals surface area (Å²) in [7, 11) is 1.79. The normalized spacial score (nSPS) is 23.1. The first-order valence-corrected chi connectivity index (χ1v) is 5.81. The van der Waals surface area contributed by atoms with E-state index in [2.05, 4.69) is 5.32 Å². The maximum absolute atomic E-state index is 11.6. The lowest BCUT2D eigenvalue weighted by atomic mass is 9.72. The number of rotatable bonds is 3. The van der Waals surface area contributed by atoms with Crippen LogP contribution in [-0.2, 0) is 9.59 Å². The van der Waals surface area contributed by atoms with E-state index in [0.717, 1.165) is 45.4 Å². The molecule has 1 spiro atoms. The van der Waals surface area contributed by atoms with Gasteiger partial charge in [-0.25, -0.2) is 0 Å². The van der Waals surface area contributed by atoms with Gasteiger partial charge in [0.1, 0.15) is 0 Å². The molecule has 0 aromatic carbocycles. The lowest BCUT2D eigenvalue weighted by Gasteiger charge is -2.53. The molecule has 2 fully saturated rings. The van der Waals surface area contributed by atoms with Crippen LogP contribution in [0.5, 0.6) is 0 Å². The second kappa shape index (κ2) is 4.41. The van der Waals surface area contributed by atoms with Crippen molar-refractivity contribution in [2.45, 2.75) is 12.8 Å². The summed E-state index contributed by atoms with van der Waals surface area (Å²) in [5.74, 6) is 0.186. The Kier molecular flexibility index (Phi) is 3.14. The number of carbonyl (C=O) groups is 2. The van der Waals surface area contributed by atoms with Gasteiger partial charge in [0.15, 0.2) is 0 Å². The van der Waals surface area contributed by atoms with Gasteiger partial charge < -0.3 is 15.1 Å². The zero-order chi connectivity index (χ0) is 11.6. The van der Waals surface area contributed by atoms with Gasteiger partial charge in [-0.3, -0.25) is 9.59 Å². The first-order chi connectivity index (χ1) is 7.69. The van der Waals surface area contributed by atoms with Crippen LogP contribution in [0.2, 0.25) is 0 Å². The average molecular weight is 225 g/mol. The maximum Gasteiger partial charge on any atom is 0.236 e. The number of hydrogen-bond donors (Lipinski definition) is 1. The highest BCUT2D eigenvalue weighted by molar-refractivity contribution is 5.79. The van der Waals surface area contributed by atoms with Gasteiger partial charge in [-0.1, -0.05) is 0 Å². The summed E-state index contributed by atoms with van der Waals surface area (Å²) < 4.78 is 0.